The van der Waals surface area contributed by atoms with Crippen molar-refractivity contribution in [1.82, 2.24) is 5.32 Å². The van der Waals surface area contributed by atoms with E-state index in [1.54, 1.807) is 0 Å². The van der Waals surface area contributed by atoms with Crippen LogP contribution in [0.1, 0.15) is 46.5 Å². The average molecular weight is 169 g/mol. The van der Waals surface area contributed by atoms with Crippen LogP contribution in [0.15, 0.2) is 0 Å². The summed E-state index contributed by atoms with van der Waals surface area (Å²) in [6.45, 7) is 8.05. The third kappa shape index (κ3) is 2.48. The predicted octanol–water partition coefficient (Wildman–Crippen LogP) is 2.81. The van der Waals surface area contributed by atoms with Crippen molar-refractivity contribution in [2.75, 3.05) is 6.54 Å². The Bertz CT molecular complexity index is 122. The fraction of sp³-hybridized carbons (Fsp3) is 1.00. The van der Waals surface area contributed by atoms with E-state index in [9.17, 15) is 0 Å². The van der Waals surface area contributed by atoms with Gasteiger partial charge in [-0.3, -0.25) is 0 Å². The quantitative estimate of drug-likeness (QED) is 0.682. The Balaban J connectivity index is 2.25. The molecule has 1 fully saturated rings. The lowest BCUT2D eigenvalue weighted by molar-refractivity contribution is 0.348. The molecule has 0 aliphatic heterocycles. The van der Waals surface area contributed by atoms with Gasteiger partial charge in [0, 0.05) is 6.04 Å². The highest BCUT2D eigenvalue weighted by Gasteiger charge is 2.26. The van der Waals surface area contributed by atoms with Crippen LogP contribution in [0.25, 0.3) is 0 Å². The molecule has 0 bridgehead atoms. The van der Waals surface area contributed by atoms with Gasteiger partial charge in [-0.2, -0.15) is 0 Å². The van der Waals surface area contributed by atoms with Crippen LogP contribution in [-0.4, -0.2) is 12.6 Å². The van der Waals surface area contributed by atoms with E-state index in [0.29, 0.717) is 0 Å². The number of hydrogen-bond donors (Lipinski definition) is 1. The molecule has 0 saturated heterocycles. The summed E-state index contributed by atoms with van der Waals surface area (Å²) in [5.41, 5.74) is 0. The van der Waals surface area contributed by atoms with E-state index in [4.69, 9.17) is 0 Å². The van der Waals surface area contributed by atoms with E-state index >= 15 is 0 Å². The molecule has 0 amide bonds. The summed E-state index contributed by atoms with van der Waals surface area (Å²) < 4.78 is 0. The first kappa shape index (κ1) is 10.0. The van der Waals surface area contributed by atoms with Crippen LogP contribution in [0, 0.1) is 11.8 Å². The van der Waals surface area contributed by atoms with E-state index in [1.165, 1.54) is 25.7 Å². The molecule has 1 nitrogen and oxygen atoms in total. The Morgan fingerprint density at radius 1 is 1.33 bits per heavy atom. The Morgan fingerprint density at radius 3 is 2.67 bits per heavy atom. The lowest BCUT2D eigenvalue weighted by atomic mass is 9.90. The van der Waals surface area contributed by atoms with E-state index in [1.807, 2.05) is 0 Å². The van der Waals surface area contributed by atoms with Crippen LogP contribution in [0.5, 0.6) is 0 Å². The van der Waals surface area contributed by atoms with E-state index in [-0.39, 0.29) is 0 Å². The molecule has 72 valence electrons. The van der Waals surface area contributed by atoms with Crippen molar-refractivity contribution in [2.24, 2.45) is 11.8 Å². The second-order valence-corrected chi connectivity index (χ2v) is 4.21. The van der Waals surface area contributed by atoms with Crippen LogP contribution in [-0.2, 0) is 0 Å². The first-order valence-electron chi connectivity index (χ1n) is 5.51. The highest BCUT2D eigenvalue weighted by Crippen LogP contribution is 2.32. The van der Waals surface area contributed by atoms with E-state index in [0.717, 1.165) is 24.4 Å². The zero-order valence-corrected chi connectivity index (χ0v) is 8.77. The Morgan fingerprint density at radius 2 is 2.08 bits per heavy atom. The summed E-state index contributed by atoms with van der Waals surface area (Å²) in [5, 5.41) is 3.55. The van der Waals surface area contributed by atoms with Gasteiger partial charge >= 0.3 is 0 Å². The van der Waals surface area contributed by atoms with Gasteiger partial charge in [-0.15, -0.1) is 0 Å². The van der Waals surface area contributed by atoms with Gasteiger partial charge in [0.2, 0.25) is 0 Å². The van der Waals surface area contributed by atoms with Crippen molar-refractivity contribution >= 4 is 0 Å². The summed E-state index contributed by atoms with van der Waals surface area (Å²) in [7, 11) is 0. The number of hydrogen-bond acceptors (Lipinski definition) is 1. The van der Waals surface area contributed by atoms with Gasteiger partial charge in [-0.1, -0.05) is 27.2 Å². The molecule has 1 N–H and O–H groups in total. The summed E-state index contributed by atoms with van der Waals surface area (Å²) >= 11 is 0. The van der Waals surface area contributed by atoms with Crippen molar-refractivity contribution < 1.29 is 0 Å². The van der Waals surface area contributed by atoms with E-state index < -0.39 is 0 Å². The molecule has 0 aromatic heterocycles. The number of rotatable bonds is 4. The minimum atomic E-state index is 0.828. The topological polar surface area (TPSA) is 12.0 Å². The largest absolute Gasteiger partial charge is 0.314 e. The molecule has 0 radical (unpaired) electrons. The van der Waals surface area contributed by atoms with Crippen LogP contribution in [0.4, 0.5) is 0 Å². The molecule has 0 heterocycles. The van der Waals surface area contributed by atoms with Gasteiger partial charge in [0.25, 0.3) is 0 Å². The third-order valence-electron chi connectivity index (χ3n) is 3.41. The molecule has 3 atom stereocenters. The van der Waals surface area contributed by atoms with Gasteiger partial charge in [0.15, 0.2) is 0 Å². The van der Waals surface area contributed by atoms with Crippen LogP contribution in [0.2, 0.25) is 0 Å². The minimum absolute atomic E-state index is 0.828. The summed E-state index contributed by atoms with van der Waals surface area (Å²) in [6, 6.07) is 0.828. The summed E-state index contributed by atoms with van der Waals surface area (Å²) in [4.78, 5) is 0. The Kier molecular flexibility index (Phi) is 4.07. The summed E-state index contributed by atoms with van der Waals surface area (Å²) in [6.07, 6.45) is 5.63. The molecule has 1 aliphatic rings. The lowest BCUT2D eigenvalue weighted by Crippen LogP contribution is -2.26. The molecule has 1 heteroatoms. The molecule has 0 spiro atoms. The lowest BCUT2D eigenvalue weighted by Gasteiger charge is -2.17. The van der Waals surface area contributed by atoms with Gasteiger partial charge in [0.05, 0.1) is 0 Å². The highest BCUT2D eigenvalue weighted by atomic mass is 14.9. The molecular formula is C11H23N. The predicted molar refractivity (Wildman–Crippen MR) is 54.3 cm³/mol. The van der Waals surface area contributed by atoms with Gasteiger partial charge in [-0.25, -0.2) is 0 Å². The molecule has 0 aromatic carbocycles. The first-order valence-corrected chi connectivity index (χ1v) is 5.51. The highest BCUT2D eigenvalue weighted by molar-refractivity contribution is 4.82. The maximum atomic E-state index is 3.55. The van der Waals surface area contributed by atoms with Crippen molar-refractivity contribution in [1.29, 1.82) is 0 Å². The van der Waals surface area contributed by atoms with Crippen molar-refractivity contribution in [2.45, 2.75) is 52.5 Å². The average Bonchev–Trinajstić information content (AvgIpc) is 2.52. The molecule has 1 aliphatic carbocycles. The maximum absolute atomic E-state index is 3.55. The smallest absolute Gasteiger partial charge is 0.00697 e. The molecule has 1 saturated carbocycles. The molecule has 0 aromatic rings. The first-order chi connectivity index (χ1) is 5.77. The minimum Gasteiger partial charge on any atom is -0.314 e. The standard InChI is InChI=1S/C11H23N/c1-4-9(3)10-6-7-11(8-10)12-5-2/h9-12H,4-8H2,1-3H3. The van der Waals surface area contributed by atoms with Gasteiger partial charge in [0.1, 0.15) is 0 Å². The molecule has 1 rings (SSSR count). The van der Waals surface area contributed by atoms with Crippen molar-refractivity contribution in [3.8, 4) is 0 Å². The van der Waals surface area contributed by atoms with Crippen LogP contribution >= 0.6 is 0 Å². The van der Waals surface area contributed by atoms with Gasteiger partial charge in [-0.05, 0) is 37.6 Å². The molecular weight excluding hydrogens is 146 g/mol. The monoisotopic (exact) mass is 169 g/mol. The fourth-order valence-electron chi connectivity index (χ4n) is 2.34. The van der Waals surface area contributed by atoms with Crippen LogP contribution < -0.4 is 5.32 Å². The Hall–Kier alpha value is -0.0400. The second-order valence-electron chi connectivity index (χ2n) is 4.21. The Labute approximate surface area is 76.9 Å². The zero-order chi connectivity index (χ0) is 8.97. The third-order valence-corrected chi connectivity index (χ3v) is 3.41. The van der Waals surface area contributed by atoms with Gasteiger partial charge < -0.3 is 5.32 Å². The second kappa shape index (κ2) is 4.86. The van der Waals surface area contributed by atoms with Crippen molar-refractivity contribution in [3.63, 3.8) is 0 Å². The summed E-state index contributed by atoms with van der Waals surface area (Å²) in [5.74, 6) is 1.94. The maximum Gasteiger partial charge on any atom is 0.00697 e. The SMILES string of the molecule is CCNC1CCC(C(C)CC)C1. The normalized spacial score (nSPS) is 32.2. The molecule has 12 heavy (non-hydrogen) atoms. The molecule has 3 unspecified atom stereocenters. The van der Waals surface area contributed by atoms with Crippen molar-refractivity contribution in [3.05, 3.63) is 0 Å². The zero-order valence-electron chi connectivity index (χ0n) is 8.77. The number of nitrogens with one attached hydrogen (secondary N) is 1. The fourth-order valence-corrected chi connectivity index (χ4v) is 2.34. The van der Waals surface area contributed by atoms with Crippen LogP contribution in [0.3, 0.4) is 0 Å². The van der Waals surface area contributed by atoms with E-state index in [2.05, 4.69) is 26.1 Å².